The highest BCUT2D eigenvalue weighted by Crippen LogP contribution is 2.21. The van der Waals surface area contributed by atoms with Crippen LogP contribution in [0.25, 0.3) is 0 Å². The fourth-order valence-corrected chi connectivity index (χ4v) is 2.13. The molecule has 1 heterocycles. The minimum absolute atomic E-state index is 0.0695. The standard InChI is InChI=1S/C11H12BrNO3/c12-9-5-8(6-10(14)7-9)11(15)13-1-3-16-4-2-13/h5-7,14H,1-4H2. The maximum Gasteiger partial charge on any atom is 0.254 e. The Bertz CT molecular complexity index is 382. The summed E-state index contributed by atoms with van der Waals surface area (Å²) in [4.78, 5) is 13.8. The van der Waals surface area contributed by atoms with Crippen LogP contribution in [0.1, 0.15) is 10.4 Å². The number of hydrogen-bond acceptors (Lipinski definition) is 3. The van der Waals surface area contributed by atoms with Crippen LogP contribution in [0.5, 0.6) is 5.75 Å². The Kier molecular flexibility index (Phi) is 3.46. The van der Waals surface area contributed by atoms with Gasteiger partial charge >= 0.3 is 0 Å². The molecule has 0 aromatic heterocycles. The van der Waals surface area contributed by atoms with Gasteiger partial charge in [-0.1, -0.05) is 15.9 Å². The van der Waals surface area contributed by atoms with E-state index < -0.39 is 0 Å². The highest BCUT2D eigenvalue weighted by molar-refractivity contribution is 9.10. The van der Waals surface area contributed by atoms with E-state index >= 15 is 0 Å². The lowest BCUT2D eigenvalue weighted by Crippen LogP contribution is -2.40. The van der Waals surface area contributed by atoms with Crippen molar-refractivity contribution < 1.29 is 14.6 Å². The summed E-state index contributed by atoms with van der Waals surface area (Å²) in [5.41, 5.74) is 0.494. The van der Waals surface area contributed by atoms with Crippen molar-refractivity contribution in [2.45, 2.75) is 0 Å². The molecule has 1 saturated heterocycles. The summed E-state index contributed by atoms with van der Waals surface area (Å²) in [5, 5.41) is 9.42. The van der Waals surface area contributed by atoms with Crippen LogP contribution in [0.2, 0.25) is 0 Å². The third kappa shape index (κ3) is 2.54. The third-order valence-electron chi connectivity index (χ3n) is 2.43. The second-order valence-electron chi connectivity index (χ2n) is 3.60. The van der Waals surface area contributed by atoms with Gasteiger partial charge in [-0.25, -0.2) is 0 Å². The SMILES string of the molecule is O=C(c1cc(O)cc(Br)c1)N1CCOCC1. The molecule has 0 bridgehead atoms. The Morgan fingerprint density at radius 3 is 2.62 bits per heavy atom. The molecule has 1 aliphatic rings. The third-order valence-corrected chi connectivity index (χ3v) is 2.89. The molecule has 1 amide bonds. The predicted octanol–water partition coefficient (Wildman–Crippen LogP) is 1.63. The zero-order chi connectivity index (χ0) is 11.5. The quantitative estimate of drug-likeness (QED) is 0.853. The van der Waals surface area contributed by atoms with Crippen molar-refractivity contribution in [1.82, 2.24) is 4.90 Å². The summed E-state index contributed by atoms with van der Waals surface area (Å²) in [7, 11) is 0. The van der Waals surface area contributed by atoms with E-state index in [2.05, 4.69) is 15.9 Å². The van der Waals surface area contributed by atoms with Gasteiger partial charge in [-0.2, -0.15) is 0 Å². The Hall–Kier alpha value is -1.07. The molecular formula is C11H12BrNO3. The van der Waals surface area contributed by atoms with Gasteiger partial charge in [0.25, 0.3) is 5.91 Å². The van der Waals surface area contributed by atoms with Crippen LogP contribution in [0.3, 0.4) is 0 Å². The fraction of sp³-hybridized carbons (Fsp3) is 0.364. The number of carbonyl (C=O) groups excluding carboxylic acids is 1. The largest absolute Gasteiger partial charge is 0.508 e. The number of phenolic OH excluding ortho intramolecular Hbond substituents is 1. The van der Waals surface area contributed by atoms with Gasteiger partial charge in [-0.05, 0) is 18.2 Å². The summed E-state index contributed by atoms with van der Waals surface area (Å²) >= 11 is 3.25. The molecular weight excluding hydrogens is 274 g/mol. The number of phenols is 1. The maximum atomic E-state index is 12.0. The summed E-state index contributed by atoms with van der Waals surface area (Å²) < 4.78 is 5.88. The van der Waals surface area contributed by atoms with Crippen LogP contribution in [-0.2, 0) is 4.74 Å². The minimum Gasteiger partial charge on any atom is -0.508 e. The first-order chi connectivity index (χ1) is 7.66. The Morgan fingerprint density at radius 1 is 1.31 bits per heavy atom. The van der Waals surface area contributed by atoms with Crippen molar-refractivity contribution in [1.29, 1.82) is 0 Å². The van der Waals surface area contributed by atoms with Crippen LogP contribution in [-0.4, -0.2) is 42.2 Å². The number of halogens is 1. The van der Waals surface area contributed by atoms with Crippen molar-refractivity contribution in [3.63, 3.8) is 0 Å². The molecule has 0 spiro atoms. The molecule has 1 fully saturated rings. The van der Waals surface area contributed by atoms with E-state index in [1.54, 1.807) is 17.0 Å². The van der Waals surface area contributed by atoms with Crippen molar-refractivity contribution >= 4 is 21.8 Å². The molecule has 16 heavy (non-hydrogen) atoms. The van der Waals surface area contributed by atoms with Crippen molar-refractivity contribution in [2.75, 3.05) is 26.3 Å². The predicted molar refractivity (Wildman–Crippen MR) is 62.5 cm³/mol. The second kappa shape index (κ2) is 4.84. The number of amides is 1. The lowest BCUT2D eigenvalue weighted by molar-refractivity contribution is 0.0302. The molecule has 5 heteroatoms. The van der Waals surface area contributed by atoms with Crippen molar-refractivity contribution in [3.05, 3.63) is 28.2 Å². The molecule has 86 valence electrons. The molecule has 1 aliphatic heterocycles. The molecule has 0 atom stereocenters. The smallest absolute Gasteiger partial charge is 0.254 e. The summed E-state index contributed by atoms with van der Waals surface area (Å²) in [6, 6.07) is 4.73. The Morgan fingerprint density at radius 2 is 2.00 bits per heavy atom. The van der Waals surface area contributed by atoms with Crippen molar-refractivity contribution in [3.8, 4) is 5.75 Å². The number of hydrogen-bond donors (Lipinski definition) is 1. The van der Waals surface area contributed by atoms with Crippen molar-refractivity contribution in [2.24, 2.45) is 0 Å². The van der Waals surface area contributed by atoms with Gasteiger partial charge in [0.15, 0.2) is 0 Å². The zero-order valence-electron chi connectivity index (χ0n) is 8.65. The topological polar surface area (TPSA) is 49.8 Å². The van der Waals surface area contributed by atoms with Gasteiger partial charge in [0.05, 0.1) is 13.2 Å². The first kappa shape index (κ1) is 11.4. The van der Waals surface area contributed by atoms with E-state index in [0.29, 0.717) is 36.3 Å². The number of carbonyl (C=O) groups is 1. The molecule has 4 nitrogen and oxygen atoms in total. The van der Waals surface area contributed by atoms with E-state index in [-0.39, 0.29) is 11.7 Å². The molecule has 1 N–H and O–H groups in total. The van der Waals surface area contributed by atoms with E-state index in [9.17, 15) is 9.90 Å². The fourth-order valence-electron chi connectivity index (χ4n) is 1.65. The lowest BCUT2D eigenvalue weighted by Gasteiger charge is -2.26. The summed E-state index contributed by atoms with van der Waals surface area (Å²) in [6.07, 6.45) is 0. The zero-order valence-corrected chi connectivity index (χ0v) is 10.2. The Labute approximate surface area is 102 Å². The minimum atomic E-state index is -0.0695. The molecule has 0 saturated carbocycles. The van der Waals surface area contributed by atoms with Gasteiger partial charge in [-0.15, -0.1) is 0 Å². The number of benzene rings is 1. The molecule has 0 aliphatic carbocycles. The number of ether oxygens (including phenoxy) is 1. The average Bonchev–Trinajstić information content (AvgIpc) is 2.28. The first-order valence-corrected chi connectivity index (χ1v) is 5.83. The van der Waals surface area contributed by atoms with Crippen LogP contribution in [0, 0.1) is 0 Å². The number of aromatic hydroxyl groups is 1. The molecule has 2 rings (SSSR count). The summed E-state index contributed by atoms with van der Waals surface area (Å²) in [6.45, 7) is 2.36. The first-order valence-electron chi connectivity index (χ1n) is 5.03. The molecule has 0 unspecified atom stereocenters. The van der Waals surface area contributed by atoms with Crippen LogP contribution in [0.15, 0.2) is 22.7 Å². The van der Waals surface area contributed by atoms with Crippen LogP contribution in [0.4, 0.5) is 0 Å². The lowest BCUT2D eigenvalue weighted by atomic mass is 10.2. The van der Waals surface area contributed by atoms with Gasteiger partial charge in [0.1, 0.15) is 5.75 Å². The van der Waals surface area contributed by atoms with E-state index in [4.69, 9.17) is 4.74 Å². The van der Waals surface area contributed by atoms with Gasteiger partial charge < -0.3 is 14.7 Å². The average molecular weight is 286 g/mol. The monoisotopic (exact) mass is 285 g/mol. The molecule has 1 aromatic carbocycles. The highest BCUT2D eigenvalue weighted by atomic mass is 79.9. The van der Waals surface area contributed by atoms with E-state index in [1.807, 2.05) is 0 Å². The number of nitrogens with zero attached hydrogens (tertiary/aromatic N) is 1. The Balaban J connectivity index is 2.19. The number of morpholine rings is 1. The summed E-state index contributed by atoms with van der Waals surface area (Å²) in [5.74, 6) is 0.0193. The van der Waals surface area contributed by atoms with Gasteiger partial charge in [0, 0.05) is 23.1 Å². The van der Waals surface area contributed by atoms with Gasteiger partial charge in [-0.3, -0.25) is 4.79 Å². The van der Waals surface area contributed by atoms with Crippen LogP contribution >= 0.6 is 15.9 Å². The maximum absolute atomic E-state index is 12.0. The van der Waals surface area contributed by atoms with E-state index in [1.165, 1.54) is 6.07 Å². The highest BCUT2D eigenvalue weighted by Gasteiger charge is 2.19. The second-order valence-corrected chi connectivity index (χ2v) is 4.52. The van der Waals surface area contributed by atoms with Crippen LogP contribution < -0.4 is 0 Å². The van der Waals surface area contributed by atoms with Gasteiger partial charge in [0.2, 0.25) is 0 Å². The molecule has 1 aromatic rings. The van der Waals surface area contributed by atoms with E-state index in [0.717, 1.165) is 0 Å². The number of rotatable bonds is 1. The molecule has 0 radical (unpaired) electrons. The normalized spacial score (nSPS) is 16.2.